The van der Waals surface area contributed by atoms with E-state index in [1.54, 1.807) is 37.7 Å². The Hall–Kier alpha value is -3.97. The van der Waals surface area contributed by atoms with Crippen LogP contribution in [0.15, 0.2) is 79.1 Å². The molecule has 0 bridgehead atoms. The Bertz CT molecular complexity index is 1250. The number of carbonyl (C=O) groups is 1. The molecule has 0 radical (unpaired) electrons. The molecule has 0 unspecified atom stereocenters. The second-order valence-corrected chi connectivity index (χ2v) is 7.18. The molecule has 7 nitrogen and oxygen atoms in total. The first-order chi connectivity index (χ1) is 15.7. The van der Waals surface area contributed by atoms with E-state index in [2.05, 4.69) is 20.4 Å². The van der Waals surface area contributed by atoms with Gasteiger partial charge in [-0.15, -0.1) is 5.10 Å². The molecule has 0 fully saturated rings. The lowest BCUT2D eigenvalue weighted by Crippen LogP contribution is -2.14. The van der Waals surface area contributed by atoms with Crippen molar-refractivity contribution in [3.63, 3.8) is 0 Å². The Morgan fingerprint density at radius 3 is 2.72 bits per heavy atom. The number of carbonyl (C=O) groups excluding carboxylic acids is 1. The fourth-order valence-corrected chi connectivity index (χ4v) is 3.26. The average molecular weight is 446 g/mol. The van der Waals surface area contributed by atoms with Gasteiger partial charge in [0.15, 0.2) is 5.82 Å². The van der Waals surface area contributed by atoms with Crippen LogP contribution in [0.1, 0.15) is 15.9 Å². The fourth-order valence-electron chi connectivity index (χ4n) is 3.06. The third kappa shape index (κ3) is 4.84. The lowest BCUT2D eigenvalue weighted by Gasteiger charge is -2.09. The van der Waals surface area contributed by atoms with Crippen LogP contribution in [0, 0.1) is 0 Å². The Morgan fingerprint density at radius 1 is 1.12 bits per heavy atom. The molecule has 0 aliphatic carbocycles. The van der Waals surface area contributed by atoms with E-state index in [4.69, 9.17) is 16.3 Å². The van der Waals surface area contributed by atoms with Crippen molar-refractivity contribution < 1.29 is 9.53 Å². The monoisotopic (exact) mass is 445 g/mol. The minimum Gasteiger partial charge on any atom is -0.496 e. The molecule has 8 heteroatoms. The molecule has 0 aliphatic heterocycles. The van der Waals surface area contributed by atoms with E-state index in [1.807, 2.05) is 48.5 Å². The second kappa shape index (κ2) is 9.89. The van der Waals surface area contributed by atoms with Crippen LogP contribution in [0.4, 0.5) is 5.95 Å². The summed E-state index contributed by atoms with van der Waals surface area (Å²) in [5.74, 6) is 1.07. The Kier molecular flexibility index (Phi) is 6.57. The molecule has 0 spiro atoms. The van der Waals surface area contributed by atoms with Crippen molar-refractivity contribution >= 4 is 29.5 Å². The summed E-state index contributed by atoms with van der Waals surface area (Å²) in [7, 11) is 1.62. The van der Waals surface area contributed by atoms with Gasteiger partial charge in [0.25, 0.3) is 5.91 Å². The van der Waals surface area contributed by atoms with Crippen molar-refractivity contribution in [3.05, 3.63) is 95.3 Å². The summed E-state index contributed by atoms with van der Waals surface area (Å²) < 4.78 is 6.63. The number of allylic oxidation sites excluding steroid dienone is 1. The van der Waals surface area contributed by atoms with Crippen molar-refractivity contribution in [1.29, 1.82) is 0 Å². The molecule has 2 aromatic carbocycles. The summed E-state index contributed by atoms with van der Waals surface area (Å²) in [6.45, 7) is 0.399. The van der Waals surface area contributed by atoms with Gasteiger partial charge < -0.3 is 10.1 Å². The van der Waals surface area contributed by atoms with Crippen LogP contribution < -0.4 is 10.1 Å². The van der Waals surface area contributed by atoms with Gasteiger partial charge in [-0.3, -0.25) is 9.78 Å². The third-order valence-corrected chi connectivity index (χ3v) is 5.02. The number of aromatic nitrogens is 4. The topological polar surface area (TPSA) is 81.9 Å². The molecule has 0 amide bonds. The zero-order valence-corrected chi connectivity index (χ0v) is 18.0. The molecule has 1 N–H and O–H groups in total. The van der Waals surface area contributed by atoms with Crippen molar-refractivity contribution in [2.24, 2.45) is 0 Å². The van der Waals surface area contributed by atoms with Crippen molar-refractivity contribution in [1.82, 2.24) is 19.7 Å². The number of benzene rings is 2. The molecule has 4 aromatic rings. The molecule has 0 saturated carbocycles. The van der Waals surface area contributed by atoms with Gasteiger partial charge in [-0.1, -0.05) is 48.0 Å². The second-order valence-electron chi connectivity index (χ2n) is 6.77. The first-order valence-corrected chi connectivity index (χ1v) is 10.2. The van der Waals surface area contributed by atoms with E-state index in [0.717, 1.165) is 16.9 Å². The predicted octanol–water partition coefficient (Wildman–Crippen LogP) is 4.97. The molecule has 32 heavy (non-hydrogen) atoms. The van der Waals surface area contributed by atoms with Crippen molar-refractivity contribution in [3.8, 4) is 17.1 Å². The maximum atomic E-state index is 13.0. The van der Waals surface area contributed by atoms with E-state index >= 15 is 0 Å². The molecule has 0 atom stereocenters. The van der Waals surface area contributed by atoms with Gasteiger partial charge in [0, 0.05) is 41.2 Å². The average Bonchev–Trinajstić information content (AvgIpc) is 3.27. The summed E-state index contributed by atoms with van der Waals surface area (Å²) in [5.41, 5.74) is 2.36. The number of hydrogen-bond donors (Lipinski definition) is 1. The lowest BCUT2D eigenvalue weighted by molar-refractivity contribution is 0.0957. The molecule has 160 valence electrons. The van der Waals surface area contributed by atoms with Crippen molar-refractivity contribution in [2.75, 3.05) is 12.4 Å². The maximum absolute atomic E-state index is 13.0. The zero-order valence-electron chi connectivity index (χ0n) is 17.3. The van der Waals surface area contributed by atoms with Gasteiger partial charge in [-0.05, 0) is 35.9 Å². The normalized spacial score (nSPS) is 10.9. The summed E-state index contributed by atoms with van der Waals surface area (Å²) in [6, 6.07) is 18.5. The first kappa shape index (κ1) is 21.3. The number of pyridine rings is 1. The summed E-state index contributed by atoms with van der Waals surface area (Å²) in [5, 5.41) is 8.16. The highest BCUT2D eigenvalue weighted by Gasteiger charge is 2.16. The molecule has 0 saturated heterocycles. The summed E-state index contributed by atoms with van der Waals surface area (Å²) in [6.07, 6.45) is 6.38. The van der Waals surface area contributed by atoms with Crippen LogP contribution in [0.25, 0.3) is 17.5 Å². The SMILES string of the molecule is COc1ccccc1CNc1nc(-c2cccnc2)nn1C(=O)/C=C/c1ccccc1Cl. The number of anilines is 1. The zero-order chi connectivity index (χ0) is 22.3. The molecule has 4 rings (SSSR count). The number of ether oxygens (including phenoxy) is 1. The Labute approximate surface area is 190 Å². The van der Waals surface area contributed by atoms with Crippen molar-refractivity contribution in [2.45, 2.75) is 6.54 Å². The molecule has 0 aliphatic rings. The number of halogens is 1. The number of nitrogens with zero attached hydrogens (tertiary/aromatic N) is 4. The van der Waals surface area contributed by atoms with Crippen LogP contribution >= 0.6 is 11.6 Å². The highest BCUT2D eigenvalue weighted by atomic mass is 35.5. The van der Waals surface area contributed by atoms with Crippen LogP contribution in [-0.4, -0.2) is 32.8 Å². The van der Waals surface area contributed by atoms with E-state index in [-0.39, 0.29) is 5.91 Å². The van der Waals surface area contributed by atoms with Crippen LogP contribution in [-0.2, 0) is 6.54 Å². The standard InChI is InChI=1S/C24H20ClN5O2/c1-32-21-11-5-3-8-18(21)16-27-24-28-23(19-9-6-14-26-15-19)29-30(24)22(31)13-12-17-7-2-4-10-20(17)25/h2-15H,16H2,1H3,(H,27,28,29)/b13-12+. The van der Waals surface area contributed by atoms with Gasteiger partial charge in [0.2, 0.25) is 5.95 Å². The summed E-state index contributed by atoms with van der Waals surface area (Å²) >= 11 is 6.19. The number of para-hydroxylation sites is 1. The van der Waals surface area contributed by atoms with Gasteiger partial charge in [-0.2, -0.15) is 9.67 Å². The molecular formula is C24H20ClN5O2. The van der Waals surface area contributed by atoms with Gasteiger partial charge in [-0.25, -0.2) is 0 Å². The quantitative estimate of drug-likeness (QED) is 0.404. The molecular weight excluding hydrogens is 426 g/mol. The Balaban J connectivity index is 1.64. The first-order valence-electron chi connectivity index (χ1n) is 9.86. The highest BCUT2D eigenvalue weighted by Crippen LogP contribution is 2.21. The highest BCUT2D eigenvalue weighted by molar-refractivity contribution is 6.32. The fraction of sp³-hybridized carbons (Fsp3) is 0.0833. The largest absolute Gasteiger partial charge is 0.496 e. The molecule has 2 heterocycles. The van der Waals surface area contributed by atoms with Gasteiger partial charge in [0.1, 0.15) is 5.75 Å². The smallest absolute Gasteiger partial charge is 0.274 e. The third-order valence-electron chi connectivity index (χ3n) is 4.68. The summed E-state index contributed by atoms with van der Waals surface area (Å²) in [4.78, 5) is 21.6. The lowest BCUT2D eigenvalue weighted by atomic mass is 10.2. The Morgan fingerprint density at radius 2 is 1.94 bits per heavy atom. The minimum absolute atomic E-state index is 0.309. The number of hydrogen-bond acceptors (Lipinski definition) is 6. The number of rotatable bonds is 7. The van der Waals surface area contributed by atoms with E-state index < -0.39 is 0 Å². The van der Waals surface area contributed by atoms with E-state index in [0.29, 0.717) is 28.9 Å². The van der Waals surface area contributed by atoms with Crippen LogP contribution in [0.5, 0.6) is 5.75 Å². The number of nitrogens with one attached hydrogen (secondary N) is 1. The van der Waals surface area contributed by atoms with Crippen LogP contribution in [0.2, 0.25) is 5.02 Å². The van der Waals surface area contributed by atoms with E-state index in [9.17, 15) is 4.79 Å². The predicted molar refractivity (Wildman–Crippen MR) is 125 cm³/mol. The van der Waals surface area contributed by atoms with E-state index in [1.165, 1.54) is 10.8 Å². The van der Waals surface area contributed by atoms with Gasteiger partial charge in [0.05, 0.1) is 7.11 Å². The maximum Gasteiger partial charge on any atom is 0.274 e. The van der Waals surface area contributed by atoms with Gasteiger partial charge >= 0.3 is 0 Å². The number of methoxy groups -OCH3 is 1. The van der Waals surface area contributed by atoms with Crippen LogP contribution in [0.3, 0.4) is 0 Å². The minimum atomic E-state index is -0.366. The molecule has 2 aromatic heterocycles.